The SMILES string of the molecule is CCOC(=O)[C@H](CCCCCCCc1ccc2c(n1)NCCC2)NC(=O)[C@@H]1CCCN1C(=O)OC(C)(C)C. The molecular weight excluding hydrogens is 484 g/mol. The number of nitrogens with one attached hydrogen (secondary N) is 2. The first-order valence-electron chi connectivity index (χ1n) is 14.4. The number of likely N-dealkylation sites (tertiary alicyclic amines) is 1. The quantitative estimate of drug-likeness (QED) is 0.296. The van der Waals surface area contributed by atoms with Crippen molar-refractivity contribution in [3.63, 3.8) is 0 Å². The third-order valence-electron chi connectivity index (χ3n) is 6.95. The third kappa shape index (κ3) is 9.17. The van der Waals surface area contributed by atoms with Gasteiger partial charge in [-0.25, -0.2) is 14.6 Å². The molecule has 2 amide bonds. The first kappa shape index (κ1) is 29.7. The van der Waals surface area contributed by atoms with Crippen LogP contribution in [0.5, 0.6) is 0 Å². The largest absolute Gasteiger partial charge is 0.464 e. The summed E-state index contributed by atoms with van der Waals surface area (Å²) < 4.78 is 10.7. The Balaban J connectivity index is 1.41. The van der Waals surface area contributed by atoms with Gasteiger partial charge in [0.2, 0.25) is 5.91 Å². The zero-order valence-electron chi connectivity index (χ0n) is 23.6. The molecule has 0 radical (unpaired) electrons. The summed E-state index contributed by atoms with van der Waals surface area (Å²) in [5, 5.41) is 6.26. The van der Waals surface area contributed by atoms with Gasteiger partial charge in [-0.15, -0.1) is 0 Å². The number of amides is 2. The van der Waals surface area contributed by atoms with E-state index in [1.807, 2.05) is 0 Å². The van der Waals surface area contributed by atoms with Gasteiger partial charge >= 0.3 is 12.1 Å². The molecule has 2 aliphatic heterocycles. The average Bonchev–Trinajstić information content (AvgIpc) is 3.37. The second-order valence-electron chi connectivity index (χ2n) is 11.3. The molecule has 0 spiro atoms. The maximum absolute atomic E-state index is 13.1. The molecule has 3 rings (SSSR count). The molecule has 0 bridgehead atoms. The van der Waals surface area contributed by atoms with Crippen LogP contribution < -0.4 is 10.6 Å². The average molecular weight is 531 g/mol. The molecule has 38 heavy (non-hydrogen) atoms. The third-order valence-corrected chi connectivity index (χ3v) is 6.95. The van der Waals surface area contributed by atoms with Gasteiger partial charge in [-0.1, -0.05) is 31.7 Å². The standard InChI is InChI=1S/C29H46N4O5/c1-5-37-27(35)23(32-26(34)24-16-12-20-33(24)28(36)38-29(2,3)4)15-10-8-6-7-9-14-22-18-17-21-13-11-19-30-25(21)31-22/h17-18,23-24H,5-16,19-20H2,1-4H3,(H,30,31)(H,32,34)/t23-,24-/m0/s1. The van der Waals surface area contributed by atoms with Crippen LogP contribution in [0.2, 0.25) is 0 Å². The summed E-state index contributed by atoms with van der Waals surface area (Å²) in [7, 11) is 0. The van der Waals surface area contributed by atoms with Crippen LogP contribution in [0.25, 0.3) is 0 Å². The van der Waals surface area contributed by atoms with Gasteiger partial charge in [-0.3, -0.25) is 9.69 Å². The van der Waals surface area contributed by atoms with Crippen molar-refractivity contribution >= 4 is 23.8 Å². The molecule has 9 heteroatoms. The zero-order chi connectivity index (χ0) is 27.5. The minimum Gasteiger partial charge on any atom is -0.464 e. The summed E-state index contributed by atoms with van der Waals surface area (Å²) >= 11 is 0. The Morgan fingerprint density at radius 3 is 2.66 bits per heavy atom. The van der Waals surface area contributed by atoms with Crippen LogP contribution in [0, 0.1) is 0 Å². The number of hydrogen-bond donors (Lipinski definition) is 2. The second kappa shape index (κ2) is 14.4. The lowest BCUT2D eigenvalue weighted by atomic mass is 10.0. The number of aromatic nitrogens is 1. The van der Waals surface area contributed by atoms with E-state index in [2.05, 4.69) is 22.8 Å². The maximum atomic E-state index is 13.1. The van der Waals surface area contributed by atoms with E-state index in [0.29, 0.717) is 19.4 Å². The first-order valence-corrected chi connectivity index (χ1v) is 14.4. The highest BCUT2D eigenvalue weighted by molar-refractivity contribution is 5.90. The highest BCUT2D eigenvalue weighted by Crippen LogP contribution is 2.22. The molecule has 1 saturated heterocycles. The topological polar surface area (TPSA) is 110 Å². The van der Waals surface area contributed by atoms with Crippen LogP contribution >= 0.6 is 0 Å². The number of nitrogens with zero attached hydrogens (tertiary/aromatic N) is 2. The van der Waals surface area contributed by atoms with Gasteiger partial charge in [-0.2, -0.15) is 0 Å². The summed E-state index contributed by atoms with van der Waals surface area (Å²) in [5.74, 6) is 0.306. The number of unbranched alkanes of at least 4 members (excludes halogenated alkanes) is 4. The number of anilines is 1. The van der Waals surface area contributed by atoms with Crippen molar-refractivity contribution in [1.82, 2.24) is 15.2 Å². The van der Waals surface area contributed by atoms with E-state index in [0.717, 1.165) is 69.4 Å². The lowest BCUT2D eigenvalue weighted by Crippen LogP contribution is -2.52. The van der Waals surface area contributed by atoms with Crippen LogP contribution in [0.15, 0.2) is 12.1 Å². The number of fused-ring (bicyclic) bond motifs is 1. The molecule has 2 N–H and O–H groups in total. The van der Waals surface area contributed by atoms with Gasteiger partial charge in [-0.05, 0) is 84.3 Å². The fourth-order valence-corrected chi connectivity index (χ4v) is 5.03. The molecule has 0 aliphatic carbocycles. The summed E-state index contributed by atoms with van der Waals surface area (Å²) in [6.45, 7) is 8.88. The lowest BCUT2D eigenvalue weighted by Gasteiger charge is -2.29. The molecule has 2 aliphatic rings. The zero-order valence-corrected chi connectivity index (χ0v) is 23.6. The minimum atomic E-state index is -0.712. The van der Waals surface area contributed by atoms with Crippen molar-refractivity contribution in [3.05, 3.63) is 23.4 Å². The van der Waals surface area contributed by atoms with Crippen molar-refractivity contribution in [1.29, 1.82) is 0 Å². The highest BCUT2D eigenvalue weighted by Gasteiger charge is 2.38. The molecular formula is C29H46N4O5. The summed E-state index contributed by atoms with van der Waals surface area (Å²) in [6.07, 6.45) is 9.53. The maximum Gasteiger partial charge on any atom is 0.410 e. The molecule has 3 heterocycles. The van der Waals surface area contributed by atoms with Crippen molar-refractivity contribution in [2.45, 2.75) is 116 Å². The van der Waals surface area contributed by atoms with Crippen LogP contribution in [0.3, 0.4) is 0 Å². The number of aryl methyl sites for hydroxylation is 2. The van der Waals surface area contributed by atoms with E-state index in [1.54, 1.807) is 27.7 Å². The van der Waals surface area contributed by atoms with Crippen LogP contribution in [-0.4, -0.2) is 65.2 Å². The van der Waals surface area contributed by atoms with Gasteiger partial charge in [0.15, 0.2) is 0 Å². The predicted octanol–water partition coefficient (Wildman–Crippen LogP) is 4.77. The number of pyridine rings is 1. The van der Waals surface area contributed by atoms with Gasteiger partial charge < -0.3 is 20.1 Å². The van der Waals surface area contributed by atoms with Crippen LogP contribution in [0.4, 0.5) is 10.6 Å². The molecule has 9 nitrogen and oxygen atoms in total. The Morgan fingerprint density at radius 2 is 1.89 bits per heavy atom. The Bertz CT molecular complexity index is 945. The highest BCUT2D eigenvalue weighted by atomic mass is 16.6. The summed E-state index contributed by atoms with van der Waals surface area (Å²) in [4.78, 5) is 44.4. The predicted molar refractivity (Wildman–Crippen MR) is 147 cm³/mol. The van der Waals surface area contributed by atoms with E-state index in [1.165, 1.54) is 16.9 Å². The van der Waals surface area contributed by atoms with Crippen molar-refractivity contribution in [2.75, 3.05) is 25.0 Å². The van der Waals surface area contributed by atoms with Gasteiger partial charge in [0.05, 0.1) is 6.61 Å². The van der Waals surface area contributed by atoms with Gasteiger partial charge in [0.1, 0.15) is 23.5 Å². The molecule has 1 aromatic rings. The molecule has 1 aromatic heterocycles. The lowest BCUT2D eigenvalue weighted by molar-refractivity contribution is -0.148. The Morgan fingerprint density at radius 1 is 1.13 bits per heavy atom. The molecule has 212 valence electrons. The normalized spacial score (nSPS) is 17.8. The van der Waals surface area contributed by atoms with E-state index >= 15 is 0 Å². The monoisotopic (exact) mass is 530 g/mol. The second-order valence-corrected chi connectivity index (χ2v) is 11.3. The fraction of sp³-hybridized carbons (Fsp3) is 0.724. The van der Waals surface area contributed by atoms with Crippen molar-refractivity contribution < 1.29 is 23.9 Å². The fourth-order valence-electron chi connectivity index (χ4n) is 5.03. The van der Waals surface area contributed by atoms with E-state index in [4.69, 9.17) is 14.5 Å². The Labute approximate surface area is 227 Å². The van der Waals surface area contributed by atoms with Gasteiger partial charge in [0, 0.05) is 18.8 Å². The Kier molecular flexibility index (Phi) is 11.2. The van der Waals surface area contributed by atoms with Crippen molar-refractivity contribution in [3.8, 4) is 0 Å². The van der Waals surface area contributed by atoms with E-state index in [-0.39, 0.29) is 12.5 Å². The molecule has 0 aromatic carbocycles. The minimum absolute atomic E-state index is 0.255. The summed E-state index contributed by atoms with van der Waals surface area (Å²) in [6, 6.07) is 3.00. The van der Waals surface area contributed by atoms with Crippen molar-refractivity contribution in [2.24, 2.45) is 0 Å². The van der Waals surface area contributed by atoms with Crippen LogP contribution in [-0.2, 0) is 31.9 Å². The molecule has 0 unspecified atom stereocenters. The van der Waals surface area contributed by atoms with Crippen LogP contribution in [0.1, 0.15) is 96.7 Å². The van der Waals surface area contributed by atoms with E-state index < -0.39 is 29.7 Å². The number of esters is 1. The number of rotatable bonds is 12. The molecule has 2 atom stereocenters. The number of carbonyl (C=O) groups is 3. The number of carbonyl (C=O) groups excluding carboxylic acids is 3. The molecule has 0 saturated carbocycles. The Hall–Kier alpha value is -2.84. The number of ether oxygens (including phenoxy) is 2. The first-order chi connectivity index (χ1) is 18.2. The number of hydrogen-bond acceptors (Lipinski definition) is 7. The van der Waals surface area contributed by atoms with E-state index in [9.17, 15) is 14.4 Å². The summed E-state index contributed by atoms with van der Waals surface area (Å²) in [5.41, 5.74) is 1.81. The smallest absolute Gasteiger partial charge is 0.410 e. The molecule has 1 fully saturated rings. The van der Waals surface area contributed by atoms with Gasteiger partial charge in [0.25, 0.3) is 0 Å².